The molecular weight excluding hydrogens is 392 g/mol. The van der Waals surface area contributed by atoms with Crippen LogP contribution in [0.3, 0.4) is 0 Å². The van der Waals surface area contributed by atoms with Crippen LogP contribution >= 0.6 is 0 Å². The zero-order valence-corrected chi connectivity index (χ0v) is 16.9. The SMILES string of the molecule is O=[N+]([O-])c1ccc2c(c1NCc1ccc(S(=O)(=O)N3CCCCC3)cc1)CCN2. The highest BCUT2D eigenvalue weighted by molar-refractivity contribution is 7.89. The fourth-order valence-corrected chi connectivity index (χ4v) is 5.47. The van der Waals surface area contributed by atoms with Crippen molar-refractivity contribution in [2.24, 2.45) is 0 Å². The molecule has 0 amide bonds. The first-order chi connectivity index (χ1) is 14.0. The van der Waals surface area contributed by atoms with E-state index < -0.39 is 10.0 Å². The van der Waals surface area contributed by atoms with Gasteiger partial charge in [0, 0.05) is 43.5 Å². The van der Waals surface area contributed by atoms with Gasteiger partial charge in [-0.15, -0.1) is 0 Å². The number of nitro groups is 1. The van der Waals surface area contributed by atoms with Crippen molar-refractivity contribution >= 4 is 27.1 Å². The van der Waals surface area contributed by atoms with Crippen molar-refractivity contribution in [2.45, 2.75) is 37.1 Å². The van der Waals surface area contributed by atoms with Crippen LogP contribution in [0.4, 0.5) is 17.1 Å². The van der Waals surface area contributed by atoms with E-state index in [1.807, 2.05) is 0 Å². The van der Waals surface area contributed by atoms with Gasteiger partial charge in [0.25, 0.3) is 5.69 Å². The molecule has 8 nitrogen and oxygen atoms in total. The number of sulfonamides is 1. The first kappa shape index (κ1) is 19.7. The van der Waals surface area contributed by atoms with Gasteiger partial charge in [0.2, 0.25) is 10.0 Å². The van der Waals surface area contributed by atoms with Gasteiger partial charge in [-0.3, -0.25) is 10.1 Å². The lowest BCUT2D eigenvalue weighted by Crippen LogP contribution is -2.35. The molecule has 29 heavy (non-hydrogen) atoms. The fourth-order valence-electron chi connectivity index (χ4n) is 3.96. The number of hydrogen-bond donors (Lipinski definition) is 2. The van der Waals surface area contributed by atoms with E-state index in [-0.39, 0.29) is 10.6 Å². The molecule has 0 aliphatic carbocycles. The predicted molar refractivity (Wildman–Crippen MR) is 112 cm³/mol. The highest BCUT2D eigenvalue weighted by atomic mass is 32.2. The van der Waals surface area contributed by atoms with Crippen LogP contribution < -0.4 is 10.6 Å². The van der Waals surface area contributed by atoms with E-state index in [2.05, 4.69) is 10.6 Å². The van der Waals surface area contributed by atoms with Crippen LogP contribution in [-0.2, 0) is 23.0 Å². The molecule has 2 aromatic carbocycles. The number of nitro benzene ring substituents is 1. The van der Waals surface area contributed by atoms with Gasteiger partial charge >= 0.3 is 0 Å². The molecule has 0 radical (unpaired) electrons. The molecule has 0 saturated carbocycles. The maximum absolute atomic E-state index is 12.8. The third kappa shape index (κ3) is 3.92. The summed E-state index contributed by atoms with van der Waals surface area (Å²) in [4.78, 5) is 11.3. The first-order valence-corrected chi connectivity index (χ1v) is 11.3. The minimum absolute atomic E-state index is 0.0525. The minimum atomic E-state index is -3.46. The van der Waals surface area contributed by atoms with Gasteiger partial charge in [-0.2, -0.15) is 4.31 Å². The first-order valence-electron chi connectivity index (χ1n) is 9.84. The molecule has 2 heterocycles. The quantitative estimate of drug-likeness (QED) is 0.553. The van der Waals surface area contributed by atoms with Crippen LogP contribution in [-0.4, -0.2) is 37.3 Å². The number of nitrogens with zero attached hydrogens (tertiary/aromatic N) is 2. The van der Waals surface area contributed by atoms with Crippen molar-refractivity contribution in [3.8, 4) is 0 Å². The van der Waals surface area contributed by atoms with Gasteiger partial charge < -0.3 is 10.6 Å². The molecule has 0 spiro atoms. The Kier molecular flexibility index (Phi) is 5.42. The Balaban J connectivity index is 1.51. The summed E-state index contributed by atoms with van der Waals surface area (Å²) in [6, 6.07) is 10.0. The van der Waals surface area contributed by atoms with E-state index in [1.54, 1.807) is 34.6 Å². The van der Waals surface area contributed by atoms with E-state index in [1.165, 1.54) is 6.07 Å². The number of fused-ring (bicyclic) bond motifs is 1. The summed E-state index contributed by atoms with van der Waals surface area (Å²) in [6.07, 6.45) is 3.60. The molecular formula is C20H24N4O4S. The second-order valence-electron chi connectivity index (χ2n) is 7.38. The Morgan fingerprint density at radius 3 is 2.48 bits per heavy atom. The summed E-state index contributed by atoms with van der Waals surface area (Å²) in [5.74, 6) is 0. The summed E-state index contributed by atoms with van der Waals surface area (Å²) < 4.78 is 27.1. The summed E-state index contributed by atoms with van der Waals surface area (Å²) in [7, 11) is -3.46. The molecule has 2 aliphatic heterocycles. The third-order valence-electron chi connectivity index (χ3n) is 5.52. The normalized spacial score (nSPS) is 16.8. The lowest BCUT2D eigenvalue weighted by Gasteiger charge is -2.25. The summed E-state index contributed by atoms with van der Waals surface area (Å²) >= 11 is 0. The van der Waals surface area contributed by atoms with Gasteiger partial charge in [0.15, 0.2) is 0 Å². The number of nitrogens with one attached hydrogen (secondary N) is 2. The van der Waals surface area contributed by atoms with Crippen molar-refractivity contribution in [1.29, 1.82) is 0 Å². The van der Waals surface area contributed by atoms with Crippen molar-refractivity contribution in [3.63, 3.8) is 0 Å². The zero-order valence-electron chi connectivity index (χ0n) is 16.1. The molecule has 0 bridgehead atoms. The second kappa shape index (κ2) is 8.00. The van der Waals surface area contributed by atoms with Crippen LogP contribution in [0.1, 0.15) is 30.4 Å². The molecule has 9 heteroatoms. The van der Waals surface area contributed by atoms with E-state index in [4.69, 9.17) is 0 Å². The number of piperidine rings is 1. The van der Waals surface area contributed by atoms with Crippen LogP contribution in [0, 0.1) is 10.1 Å². The molecule has 0 atom stereocenters. The predicted octanol–water partition coefficient (Wildman–Crippen LogP) is 3.35. The van der Waals surface area contributed by atoms with Crippen molar-refractivity contribution < 1.29 is 13.3 Å². The molecule has 0 aromatic heterocycles. The second-order valence-corrected chi connectivity index (χ2v) is 9.32. The maximum atomic E-state index is 12.8. The average molecular weight is 417 g/mol. The van der Waals surface area contributed by atoms with E-state index in [9.17, 15) is 18.5 Å². The summed E-state index contributed by atoms with van der Waals surface area (Å²) in [6.45, 7) is 2.28. The van der Waals surface area contributed by atoms with E-state index in [0.717, 1.165) is 49.0 Å². The lowest BCUT2D eigenvalue weighted by molar-refractivity contribution is -0.384. The summed E-state index contributed by atoms with van der Waals surface area (Å²) in [5, 5.41) is 17.8. The zero-order chi connectivity index (χ0) is 20.4. The van der Waals surface area contributed by atoms with Crippen LogP contribution in [0.5, 0.6) is 0 Å². The third-order valence-corrected chi connectivity index (χ3v) is 7.44. The molecule has 1 saturated heterocycles. The van der Waals surface area contributed by atoms with Crippen molar-refractivity contribution in [3.05, 3.63) is 57.6 Å². The molecule has 1 fully saturated rings. The Labute approximate surface area is 170 Å². The van der Waals surface area contributed by atoms with Gasteiger partial charge in [0.1, 0.15) is 5.69 Å². The minimum Gasteiger partial charge on any atom is -0.384 e. The topological polar surface area (TPSA) is 105 Å². The van der Waals surface area contributed by atoms with Gasteiger partial charge in [-0.25, -0.2) is 8.42 Å². The monoisotopic (exact) mass is 416 g/mol. The average Bonchev–Trinajstić information content (AvgIpc) is 3.22. The van der Waals surface area contributed by atoms with Crippen LogP contribution in [0.2, 0.25) is 0 Å². The molecule has 2 N–H and O–H groups in total. The smallest absolute Gasteiger partial charge is 0.292 e. The standard InChI is InChI=1S/C20H24N4O4S/c25-24(26)19-9-8-18-17(10-11-21-18)20(19)22-14-15-4-6-16(7-5-15)29(27,28)23-12-2-1-3-13-23/h4-9,21-22H,1-3,10-14H2. The van der Waals surface area contributed by atoms with E-state index in [0.29, 0.717) is 30.2 Å². The summed E-state index contributed by atoms with van der Waals surface area (Å²) in [5.41, 5.74) is 3.28. The number of hydrogen-bond acceptors (Lipinski definition) is 6. The lowest BCUT2D eigenvalue weighted by atomic mass is 10.1. The van der Waals surface area contributed by atoms with Gasteiger partial charge in [-0.05, 0) is 43.0 Å². The Morgan fingerprint density at radius 1 is 1.07 bits per heavy atom. The largest absolute Gasteiger partial charge is 0.384 e. The number of rotatable bonds is 6. The fraction of sp³-hybridized carbons (Fsp3) is 0.400. The van der Waals surface area contributed by atoms with Gasteiger partial charge in [-0.1, -0.05) is 18.6 Å². The van der Waals surface area contributed by atoms with Crippen LogP contribution in [0.15, 0.2) is 41.3 Å². The molecule has 2 aromatic rings. The Hall–Kier alpha value is -2.65. The number of anilines is 2. The highest BCUT2D eigenvalue weighted by Gasteiger charge is 2.26. The Bertz CT molecular complexity index is 1020. The Morgan fingerprint density at radius 2 is 1.79 bits per heavy atom. The molecule has 2 aliphatic rings. The number of benzene rings is 2. The molecule has 154 valence electrons. The highest BCUT2D eigenvalue weighted by Crippen LogP contribution is 2.37. The maximum Gasteiger partial charge on any atom is 0.292 e. The van der Waals surface area contributed by atoms with E-state index >= 15 is 0 Å². The van der Waals surface area contributed by atoms with Crippen molar-refractivity contribution in [1.82, 2.24) is 4.31 Å². The van der Waals surface area contributed by atoms with Crippen molar-refractivity contribution in [2.75, 3.05) is 30.3 Å². The molecule has 0 unspecified atom stereocenters. The van der Waals surface area contributed by atoms with Gasteiger partial charge in [0.05, 0.1) is 9.82 Å². The van der Waals surface area contributed by atoms with Crippen LogP contribution in [0.25, 0.3) is 0 Å². The molecule has 4 rings (SSSR count).